The first kappa shape index (κ1) is 21.1. The summed E-state index contributed by atoms with van der Waals surface area (Å²) in [6, 6.07) is 15.1. The predicted octanol–water partition coefficient (Wildman–Crippen LogP) is 2.62. The third kappa shape index (κ3) is 4.33. The summed E-state index contributed by atoms with van der Waals surface area (Å²) in [6.45, 7) is 3.68. The third-order valence-corrected chi connectivity index (χ3v) is 6.03. The number of nitrogens with zero attached hydrogens (tertiary/aromatic N) is 2. The molecule has 4 rings (SSSR count). The number of aromatic nitrogens is 2. The molecule has 2 heterocycles. The summed E-state index contributed by atoms with van der Waals surface area (Å²) in [5.41, 5.74) is 1.46. The average Bonchev–Trinajstić information content (AvgIpc) is 3.29. The van der Waals surface area contributed by atoms with Crippen molar-refractivity contribution >= 4 is 5.91 Å². The van der Waals surface area contributed by atoms with E-state index >= 15 is 0 Å². The second kappa shape index (κ2) is 8.91. The number of likely N-dealkylation sites (tertiary alicyclic amines) is 1. The molecule has 0 bridgehead atoms. The maximum atomic E-state index is 13.2. The first-order chi connectivity index (χ1) is 15.0. The number of amides is 1. The molecule has 2 aromatic carbocycles. The Bertz CT molecular complexity index is 1020. The van der Waals surface area contributed by atoms with E-state index in [4.69, 9.17) is 4.74 Å². The van der Waals surface area contributed by atoms with Gasteiger partial charge in [0.25, 0.3) is 5.91 Å². The van der Waals surface area contributed by atoms with Crippen LogP contribution in [-0.4, -0.2) is 52.2 Å². The minimum absolute atomic E-state index is 0.215. The van der Waals surface area contributed by atoms with Crippen LogP contribution in [0.3, 0.4) is 0 Å². The quantitative estimate of drug-likeness (QED) is 0.570. The van der Waals surface area contributed by atoms with Gasteiger partial charge in [-0.05, 0) is 42.7 Å². The van der Waals surface area contributed by atoms with Crippen LogP contribution in [0, 0.1) is 6.92 Å². The molecule has 7 heteroatoms. The van der Waals surface area contributed by atoms with E-state index < -0.39 is 11.6 Å². The highest BCUT2D eigenvalue weighted by Crippen LogP contribution is 2.34. The van der Waals surface area contributed by atoms with Crippen molar-refractivity contribution in [2.24, 2.45) is 0 Å². The molecule has 0 spiro atoms. The summed E-state index contributed by atoms with van der Waals surface area (Å²) in [5.74, 6) is 1.38. The summed E-state index contributed by atoms with van der Waals surface area (Å²) in [6.07, 6.45) is 3.32. The molecular weight excluding hydrogens is 392 g/mol. The summed E-state index contributed by atoms with van der Waals surface area (Å²) in [4.78, 5) is 22.8. The van der Waals surface area contributed by atoms with Crippen LogP contribution in [-0.2, 0) is 12.1 Å². The first-order valence-corrected chi connectivity index (χ1v) is 10.4. The van der Waals surface area contributed by atoms with Crippen molar-refractivity contribution in [3.8, 4) is 5.75 Å². The molecule has 1 aliphatic heterocycles. The molecule has 0 unspecified atom stereocenters. The van der Waals surface area contributed by atoms with E-state index in [0.717, 1.165) is 22.7 Å². The lowest BCUT2D eigenvalue weighted by Gasteiger charge is -2.46. The van der Waals surface area contributed by atoms with Gasteiger partial charge in [-0.2, -0.15) is 0 Å². The first-order valence-electron chi connectivity index (χ1n) is 10.4. The van der Waals surface area contributed by atoms with Gasteiger partial charge >= 0.3 is 0 Å². The van der Waals surface area contributed by atoms with Crippen LogP contribution < -0.4 is 10.1 Å². The van der Waals surface area contributed by atoms with E-state index in [-0.39, 0.29) is 5.91 Å². The summed E-state index contributed by atoms with van der Waals surface area (Å²) in [5, 5.41) is 14.5. The van der Waals surface area contributed by atoms with Gasteiger partial charge in [0.2, 0.25) is 0 Å². The molecule has 0 aliphatic carbocycles. The van der Waals surface area contributed by atoms with Gasteiger partial charge in [0, 0.05) is 31.0 Å². The van der Waals surface area contributed by atoms with Gasteiger partial charge in [0.1, 0.15) is 11.6 Å². The number of piperidine rings is 1. The number of hydrogen-bond donors (Lipinski definition) is 3. The van der Waals surface area contributed by atoms with Crippen molar-refractivity contribution in [1.29, 1.82) is 0 Å². The fourth-order valence-corrected chi connectivity index (χ4v) is 4.32. The highest BCUT2D eigenvalue weighted by Gasteiger charge is 2.45. The van der Waals surface area contributed by atoms with Crippen molar-refractivity contribution in [2.45, 2.75) is 31.5 Å². The fraction of sp³-hybridized carbons (Fsp3) is 0.333. The van der Waals surface area contributed by atoms with Crippen molar-refractivity contribution in [3.63, 3.8) is 0 Å². The van der Waals surface area contributed by atoms with E-state index in [1.807, 2.05) is 43.3 Å². The van der Waals surface area contributed by atoms with Gasteiger partial charge in [-0.1, -0.05) is 30.3 Å². The maximum absolute atomic E-state index is 13.2. The summed E-state index contributed by atoms with van der Waals surface area (Å²) >= 11 is 0. The lowest BCUT2D eigenvalue weighted by Crippen LogP contribution is -2.61. The molecule has 0 radical (unpaired) electrons. The van der Waals surface area contributed by atoms with E-state index in [1.54, 1.807) is 31.6 Å². The number of benzene rings is 2. The number of H-pyrrole nitrogens is 1. The standard InChI is InChI=1S/C24H28N4O3/c1-17-14-18(8-9-20(17)31-2)23(30)27-24(19-6-4-3-5-7-19)10-13-28(15-21(24)29)16-22-25-11-12-26-22/h3-9,11-12,14,21,29H,10,13,15-16H2,1-2H3,(H,25,26)(H,27,30)/t21-,24-/m1/s1. The molecule has 1 aromatic heterocycles. The molecule has 1 aliphatic rings. The number of hydrogen-bond acceptors (Lipinski definition) is 5. The van der Waals surface area contributed by atoms with Gasteiger partial charge in [0.15, 0.2) is 0 Å². The molecular formula is C24H28N4O3. The summed E-state index contributed by atoms with van der Waals surface area (Å²) < 4.78 is 5.31. The minimum atomic E-state index is -0.869. The normalized spacial score (nSPS) is 21.6. The van der Waals surface area contributed by atoms with Gasteiger partial charge in [-0.3, -0.25) is 9.69 Å². The molecule has 31 heavy (non-hydrogen) atoms. The largest absolute Gasteiger partial charge is 0.496 e. The molecule has 1 fully saturated rings. The summed E-state index contributed by atoms with van der Waals surface area (Å²) in [7, 11) is 1.61. The maximum Gasteiger partial charge on any atom is 0.252 e. The van der Waals surface area contributed by atoms with Crippen LogP contribution in [0.15, 0.2) is 60.9 Å². The lowest BCUT2D eigenvalue weighted by atomic mass is 9.78. The van der Waals surface area contributed by atoms with Gasteiger partial charge < -0.3 is 20.1 Å². The minimum Gasteiger partial charge on any atom is -0.496 e. The second-order valence-corrected chi connectivity index (χ2v) is 8.01. The van der Waals surface area contributed by atoms with Crippen molar-refractivity contribution in [1.82, 2.24) is 20.2 Å². The number of rotatable bonds is 6. The molecule has 1 amide bonds. The van der Waals surface area contributed by atoms with E-state index in [1.165, 1.54) is 0 Å². The van der Waals surface area contributed by atoms with Gasteiger partial charge in [0.05, 0.1) is 25.3 Å². The Morgan fingerprint density at radius 2 is 2.13 bits per heavy atom. The van der Waals surface area contributed by atoms with E-state index in [2.05, 4.69) is 20.2 Å². The van der Waals surface area contributed by atoms with Crippen molar-refractivity contribution < 1.29 is 14.6 Å². The lowest BCUT2D eigenvalue weighted by molar-refractivity contribution is -0.0187. The zero-order chi connectivity index (χ0) is 21.8. The zero-order valence-electron chi connectivity index (χ0n) is 17.8. The topological polar surface area (TPSA) is 90.5 Å². The molecule has 2 atom stereocenters. The molecule has 3 aromatic rings. The predicted molar refractivity (Wildman–Crippen MR) is 118 cm³/mol. The Labute approximate surface area is 182 Å². The Kier molecular flexibility index (Phi) is 6.06. The van der Waals surface area contributed by atoms with Gasteiger partial charge in [-0.25, -0.2) is 4.98 Å². The van der Waals surface area contributed by atoms with Crippen LogP contribution >= 0.6 is 0 Å². The zero-order valence-corrected chi connectivity index (χ0v) is 17.8. The van der Waals surface area contributed by atoms with Crippen LogP contribution in [0.1, 0.15) is 33.7 Å². The van der Waals surface area contributed by atoms with Crippen molar-refractivity contribution in [2.75, 3.05) is 20.2 Å². The van der Waals surface area contributed by atoms with Crippen LogP contribution in [0.2, 0.25) is 0 Å². The number of methoxy groups -OCH3 is 1. The Morgan fingerprint density at radius 1 is 1.32 bits per heavy atom. The smallest absolute Gasteiger partial charge is 0.252 e. The van der Waals surface area contributed by atoms with Crippen molar-refractivity contribution in [3.05, 3.63) is 83.4 Å². The van der Waals surface area contributed by atoms with Crippen LogP contribution in [0.4, 0.5) is 0 Å². The number of aliphatic hydroxyl groups excluding tert-OH is 1. The number of β-amino-alcohol motifs (C(OH)–C–C–N with tert-alkyl or cyclic N) is 1. The molecule has 3 N–H and O–H groups in total. The number of carbonyl (C=O) groups excluding carboxylic acids is 1. The fourth-order valence-electron chi connectivity index (χ4n) is 4.32. The van der Waals surface area contributed by atoms with Crippen LogP contribution in [0.25, 0.3) is 0 Å². The number of aromatic amines is 1. The number of aryl methyl sites for hydroxylation is 1. The van der Waals surface area contributed by atoms with E-state index in [9.17, 15) is 9.90 Å². The number of imidazole rings is 1. The van der Waals surface area contributed by atoms with Crippen LogP contribution in [0.5, 0.6) is 5.75 Å². The SMILES string of the molecule is COc1ccc(C(=O)N[C@@]2(c3ccccc3)CCN(Cc3ncc[nH]3)C[C@H]2O)cc1C. The highest BCUT2D eigenvalue weighted by atomic mass is 16.5. The molecule has 0 saturated carbocycles. The molecule has 162 valence electrons. The Balaban J connectivity index is 1.59. The second-order valence-electron chi connectivity index (χ2n) is 8.01. The monoisotopic (exact) mass is 420 g/mol. The Morgan fingerprint density at radius 3 is 2.77 bits per heavy atom. The third-order valence-electron chi connectivity index (χ3n) is 6.03. The molecule has 1 saturated heterocycles. The molecule has 7 nitrogen and oxygen atoms in total. The number of ether oxygens (including phenoxy) is 1. The van der Waals surface area contributed by atoms with Gasteiger partial charge in [-0.15, -0.1) is 0 Å². The number of aliphatic hydroxyl groups is 1. The Hall–Kier alpha value is -3.16. The number of carbonyl (C=O) groups is 1. The highest BCUT2D eigenvalue weighted by molar-refractivity contribution is 5.95. The van der Waals surface area contributed by atoms with E-state index in [0.29, 0.717) is 31.6 Å². The average molecular weight is 421 g/mol. The number of nitrogens with one attached hydrogen (secondary N) is 2.